The summed E-state index contributed by atoms with van der Waals surface area (Å²) in [5.41, 5.74) is 6.94. The van der Waals surface area contributed by atoms with E-state index in [-0.39, 0.29) is 5.75 Å². The van der Waals surface area contributed by atoms with E-state index in [0.717, 1.165) is 13.4 Å². The lowest BCUT2D eigenvalue weighted by molar-refractivity contribution is 0.466. The minimum absolute atomic E-state index is 0.191. The van der Waals surface area contributed by atoms with E-state index >= 15 is 0 Å². The fraction of sp³-hybridized carbons (Fsp3) is 0.0769. The lowest BCUT2D eigenvalue weighted by Gasteiger charge is -2.16. The summed E-state index contributed by atoms with van der Waals surface area (Å²) in [5.74, 6) is 0.425. The van der Waals surface area contributed by atoms with Crippen molar-refractivity contribution in [3.63, 3.8) is 0 Å². The number of thiophene rings is 1. The number of nitrogen functional groups attached to an aromatic ring is 1. The number of nitrogens with one attached hydrogen (secondary N) is 1. The topological polar surface area (TPSA) is 47.3 Å². The van der Waals surface area contributed by atoms with Gasteiger partial charge in [0.25, 0.3) is 0 Å². The van der Waals surface area contributed by atoms with Gasteiger partial charge in [-0.05, 0) is 46.9 Å². The molecule has 0 atom stereocenters. The normalized spacial score (nSPS) is 13.5. The molecule has 1 aliphatic heterocycles. The molecule has 0 saturated carbocycles. The molecular weight excluding hydrogens is 378 g/mol. The van der Waals surface area contributed by atoms with Crippen LogP contribution in [0.2, 0.25) is 0 Å². The van der Waals surface area contributed by atoms with Gasteiger partial charge in [-0.25, -0.2) is 4.39 Å². The van der Waals surface area contributed by atoms with Crippen molar-refractivity contribution in [3.05, 3.63) is 43.9 Å². The zero-order valence-electron chi connectivity index (χ0n) is 9.74. The molecule has 0 bridgehead atoms. The van der Waals surface area contributed by atoms with Crippen molar-refractivity contribution in [1.82, 2.24) is 0 Å². The van der Waals surface area contributed by atoms with Crippen LogP contribution in [0.4, 0.5) is 15.8 Å². The van der Waals surface area contributed by atoms with Gasteiger partial charge in [0.2, 0.25) is 0 Å². The molecular formula is C13H10FIN2OS. The van der Waals surface area contributed by atoms with Crippen LogP contribution in [-0.4, -0.2) is 6.54 Å². The number of hydrogen-bond donors (Lipinski definition) is 2. The monoisotopic (exact) mass is 388 g/mol. The van der Waals surface area contributed by atoms with Crippen molar-refractivity contribution in [2.24, 2.45) is 0 Å². The highest BCUT2D eigenvalue weighted by Crippen LogP contribution is 2.37. The van der Waals surface area contributed by atoms with Gasteiger partial charge in [0.15, 0.2) is 11.6 Å². The third-order valence-electron chi connectivity index (χ3n) is 2.68. The third kappa shape index (κ3) is 2.55. The first-order valence-corrected chi connectivity index (χ1v) is 7.49. The number of benzene rings is 1. The molecule has 6 heteroatoms. The van der Waals surface area contributed by atoms with Gasteiger partial charge in [0, 0.05) is 18.3 Å². The van der Waals surface area contributed by atoms with Crippen LogP contribution in [0, 0.1) is 8.70 Å². The van der Waals surface area contributed by atoms with Crippen LogP contribution in [0.15, 0.2) is 30.3 Å². The summed E-state index contributed by atoms with van der Waals surface area (Å²) < 4.78 is 20.6. The summed E-state index contributed by atoms with van der Waals surface area (Å²) in [6.45, 7) is 0.672. The molecule has 3 nitrogen and oxygen atoms in total. The van der Waals surface area contributed by atoms with E-state index in [9.17, 15) is 4.39 Å². The maximum atomic E-state index is 13.7. The first-order chi connectivity index (χ1) is 9.13. The molecule has 0 unspecified atom stereocenters. The summed E-state index contributed by atoms with van der Waals surface area (Å²) >= 11 is 3.87. The highest BCUT2D eigenvalue weighted by molar-refractivity contribution is 14.1. The van der Waals surface area contributed by atoms with E-state index in [2.05, 4.69) is 34.0 Å². The van der Waals surface area contributed by atoms with Crippen molar-refractivity contribution in [3.8, 4) is 5.75 Å². The predicted octanol–water partition coefficient (Wildman–Crippen LogP) is 3.92. The fourth-order valence-corrected chi connectivity index (χ4v) is 3.64. The van der Waals surface area contributed by atoms with E-state index < -0.39 is 5.82 Å². The van der Waals surface area contributed by atoms with Gasteiger partial charge in [-0.15, -0.1) is 11.3 Å². The lowest BCUT2D eigenvalue weighted by Crippen LogP contribution is -2.09. The van der Waals surface area contributed by atoms with E-state index in [4.69, 9.17) is 10.5 Å². The standard InChI is InChI=1S/C13H10FIN2OS/c14-8-5-7(16)1-2-10(8)18-11-3-4-17-9-6-12(15)19-13(9)11/h1-3,5-6,17H,4,16H2. The van der Waals surface area contributed by atoms with Crippen molar-refractivity contribution < 1.29 is 9.13 Å². The molecule has 2 aromatic rings. The van der Waals surface area contributed by atoms with Gasteiger partial charge in [-0.3, -0.25) is 0 Å². The fourth-order valence-electron chi connectivity index (χ4n) is 1.83. The number of fused-ring (bicyclic) bond motifs is 1. The molecule has 1 aromatic heterocycles. The Bertz CT molecular complexity index is 669. The van der Waals surface area contributed by atoms with Crippen molar-refractivity contribution >= 4 is 51.1 Å². The van der Waals surface area contributed by atoms with E-state index in [0.29, 0.717) is 18.0 Å². The van der Waals surface area contributed by atoms with E-state index in [1.165, 1.54) is 6.07 Å². The van der Waals surface area contributed by atoms with Crippen LogP contribution in [0.5, 0.6) is 5.75 Å². The Balaban J connectivity index is 1.93. The second-order valence-electron chi connectivity index (χ2n) is 4.03. The Morgan fingerprint density at radius 2 is 2.21 bits per heavy atom. The number of halogens is 2. The SMILES string of the molecule is Nc1ccc(OC2=CCNc3cc(I)sc32)c(F)c1. The molecule has 0 spiro atoms. The number of ether oxygens (including phenoxy) is 1. The van der Waals surface area contributed by atoms with Gasteiger partial charge >= 0.3 is 0 Å². The van der Waals surface area contributed by atoms with E-state index in [1.807, 2.05) is 6.08 Å². The average Bonchev–Trinajstić information content (AvgIpc) is 2.74. The Morgan fingerprint density at radius 1 is 1.37 bits per heavy atom. The summed E-state index contributed by atoms with van der Waals surface area (Å²) in [7, 11) is 0. The molecule has 2 heterocycles. The predicted molar refractivity (Wildman–Crippen MR) is 84.9 cm³/mol. The van der Waals surface area contributed by atoms with Crippen LogP contribution < -0.4 is 15.8 Å². The summed E-state index contributed by atoms with van der Waals surface area (Å²) in [4.78, 5) is 0.992. The number of nitrogens with two attached hydrogens (primary N) is 1. The summed E-state index contributed by atoms with van der Waals surface area (Å²) in [6, 6.07) is 6.48. The molecule has 1 aromatic carbocycles. The Labute approximate surface area is 127 Å². The van der Waals surface area contributed by atoms with Crippen LogP contribution >= 0.6 is 33.9 Å². The van der Waals surface area contributed by atoms with Crippen LogP contribution in [0.1, 0.15) is 4.88 Å². The Morgan fingerprint density at radius 3 is 3.00 bits per heavy atom. The number of hydrogen-bond acceptors (Lipinski definition) is 4. The molecule has 0 amide bonds. The molecule has 98 valence electrons. The first kappa shape index (κ1) is 12.7. The highest BCUT2D eigenvalue weighted by Gasteiger charge is 2.18. The quantitative estimate of drug-likeness (QED) is 0.606. The van der Waals surface area contributed by atoms with Crippen molar-refractivity contribution in [2.45, 2.75) is 0 Å². The Hall–Kier alpha value is -1.28. The van der Waals surface area contributed by atoms with Crippen molar-refractivity contribution in [1.29, 1.82) is 0 Å². The first-order valence-electron chi connectivity index (χ1n) is 5.60. The average molecular weight is 388 g/mol. The molecule has 3 rings (SSSR count). The molecule has 3 N–H and O–H groups in total. The minimum Gasteiger partial charge on any atom is -0.453 e. The highest BCUT2D eigenvalue weighted by atomic mass is 127. The van der Waals surface area contributed by atoms with Gasteiger partial charge < -0.3 is 15.8 Å². The van der Waals surface area contributed by atoms with Crippen molar-refractivity contribution in [2.75, 3.05) is 17.6 Å². The smallest absolute Gasteiger partial charge is 0.167 e. The molecule has 0 radical (unpaired) electrons. The molecule has 0 saturated heterocycles. The Kier molecular flexibility index (Phi) is 3.36. The maximum absolute atomic E-state index is 13.7. The largest absolute Gasteiger partial charge is 0.453 e. The minimum atomic E-state index is -0.452. The summed E-state index contributed by atoms with van der Waals surface area (Å²) in [6.07, 6.45) is 1.91. The van der Waals surface area contributed by atoms with Gasteiger partial charge in [-0.1, -0.05) is 0 Å². The number of rotatable bonds is 2. The van der Waals surface area contributed by atoms with Crippen LogP contribution in [0.3, 0.4) is 0 Å². The van der Waals surface area contributed by atoms with Crippen LogP contribution in [0.25, 0.3) is 5.76 Å². The summed E-state index contributed by atoms with van der Waals surface area (Å²) in [5, 5.41) is 3.26. The molecule has 0 fully saturated rings. The van der Waals surface area contributed by atoms with Crippen LogP contribution in [-0.2, 0) is 0 Å². The molecule has 19 heavy (non-hydrogen) atoms. The van der Waals surface area contributed by atoms with Gasteiger partial charge in [-0.2, -0.15) is 0 Å². The maximum Gasteiger partial charge on any atom is 0.167 e. The third-order valence-corrected chi connectivity index (χ3v) is 4.59. The van der Waals surface area contributed by atoms with Gasteiger partial charge in [0.05, 0.1) is 13.4 Å². The second kappa shape index (κ2) is 5.01. The van der Waals surface area contributed by atoms with Gasteiger partial charge in [0.1, 0.15) is 5.76 Å². The second-order valence-corrected chi connectivity index (χ2v) is 6.98. The lowest BCUT2D eigenvalue weighted by atomic mass is 10.2. The molecule has 0 aliphatic carbocycles. The number of anilines is 2. The zero-order chi connectivity index (χ0) is 13.4. The van der Waals surface area contributed by atoms with E-state index in [1.54, 1.807) is 23.5 Å². The zero-order valence-corrected chi connectivity index (χ0v) is 12.7. The molecule has 1 aliphatic rings.